The van der Waals surface area contributed by atoms with E-state index in [4.69, 9.17) is 37.9 Å². The number of aromatic amines is 1. The van der Waals surface area contributed by atoms with E-state index < -0.39 is 11.7 Å². The normalized spacial score (nSPS) is 11.9. The SMILES string of the molecule is COCc1cccc(C(=O)/N=c2\[nH]c3ccccc3n2CCCCCNC(=O)CCOCCOCCOCCOCCOCCOCCNC(=O)c2ccc(/N=N/c3cc(CCNC(=O)OC(C)(C)C)ccc3O)cc2)c1. The number of carbonyl (C=O) groups excluding carboxylic acids is 4. The number of imidazole rings is 1. The van der Waals surface area contributed by atoms with Crippen molar-refractivity contribution < 1.29 is 62.2 Å². The first-order valence-electron chi connectivity index (χ1n) is 26.0. The first kappa shape index (κ1) is 61.0. The Hall–Kier alpha value is -6.85. The number of hydrogen-bond acceptors (Lipinski definition) is 15. The number of nitrogens with one attached hydrogen (secondary N) is 4. The summed E-state index contributed by atoms with van der Waals surface area (Å²) >= 11 is 0. The smallest absolute Gasteiger partial charge is 0.407 e. The number of aromatic hydroxyl groups is 1. The molecule has 0 bridgehead atoms. The monoisotopic (exact) mass is 1070 g/mol. The van der Waals surface area contributed by atoms with Gasteiger partial charge in [0.1, 0.15) is 17.0 Å². The summed E-state index contributed by atoms with van der Waals surface area (Å²) in [7, 11) is 1.62. The number of hydrogen-bond donors (Lipinski definition) is 5. The second-order valence-corrected chi connectivity index (χ2v) is 18.5. The van der Waals surface area contributed by atoms with Crippen molar-refractivity contribution in [1.29, 1.82) is 0 Å². The number of phenolic OH excluding ortho intramolecular Hbond substituents is 1. The summed E-state index contributed by atoms with van der Waals surface area (Å²) in [5.74, 6) is -0.678. The molecule has 0 unspecified atom stereocenters. The lowest BCUT2D eigenvalue weighted by molar-refractivity contribution is -0.122. The molecule has 0 aliphatic heterocycles. The lowest BCUT2D eigenvalue weighted by Gasteiger charge is -2.19. The Balaban J connectivity index is 0.775. The van der Waals surface area contributed by atoms with Gasteiger partial charge in [-0.2, -0.15) is 10.1 Å². The molecule has 21 heteroatoms. The number of aryl methyl sites for hydroxylation is 1. The fraction of sp³-hybridized carbons (Fsp3) is 0.482. The number of phenols is 1. The zero-order valence-electron chi connectivity index (χ0n) is 44.9. The van der Waals surface area contributed by atoms with Crippen molar-refractivity contribution in [3.63, 3.8) is 0 Å². The minimum absolute atomic E-state index is 0.0347. The van der Waals surface area contributed by atoms with E-state index in [1.807, 2.05) is 41.0 Å². The Morgan fingerprint density at radius 1 is 0.623 bits per heavy atom. The molecule has 0 aliphatic rings. The molecule has 5 aromatic rings. The maximum Gasteiger partial charge on any atom is 0.407 e. The highest BCUT2D eigenvalue weighted by Crippen LogP contribution is 2.29. The van der Waals surface area contributed by atoms with Crippen LogP contribution >= 0.6 is 0 Å². The zero-order chi connectivity index (χ0) is 54.9. The lowest BCUT2D eigenvalue weighted by atomic mass is 10.1. The number of unbranched alkanes of at least 4 members (excludes halogenated alkanes) is 2. The molecule has 418 valence electrons. The first-order valence-corrected chi connectivity index (χ1v) is 26.0. The van der Waals surface area contributed by atoms with Crippen LogP contribution in [0.1, 0.15) is 78.3 Å². The number of aromatic nitrogens is 2. The van der Waals surface area contributed by atoms with Crippen LogP contribution in [-0.4, -0.2) is 150 Å². The van der Waals surface area contributed by atoms with Gasteiger partial charge in [-0.15, -0.1) is 5.11 Å². The topological polar surface area (TPSA) is 256 Å². The summed E-state index contributed by atoms with van der Waals surface area (Å²) in [6, 6.07) is 26.7. The van der Waals surface area contributed by atoms with Crippen LogP contribution in [0.3, 0.4) is 0 Å². The Kier molecular flexibility index (Phi) is 27.5. The van der Waals surface area contributed by atoms with Gasteiger partial charge >= 0.3 is 6.09 Å². The molecule has 0 spiro atoms. The van der Waals surface area contributed by atoms with E-state index in [0.29, 0.717) is 141 Å². The number of benzene rings is 4. The van der Waals surface area contributed by atoms with Gasteiger partial charge in [0.05, 0.1) is 103 Å². The number of amides is 4. The van der Waals surface area contributed by atoms with Gasteiger partial charge in [-0.3, -0.25) is 14.4 Å². The molecule has 0 atom stereocenters. The van der Waals surface area contributed by atoms with Crippen LogP contribution in [0.2, 0.25) is 0 Å². The number of azo groups is 1. The Bertz CT molecular complexity index is 2670. The van der Waals surface area contributed by atoms with E-state index in [1.165, 1.54) is 6.07 Å². The summed E-state index contributed by atoms with van der Waals surface area (Å²) in [6.07, 6.45) is 2.83. The minimum Gasteiger partial charge on any atom is -0.506 e. The number of nitrogens with zero attached hydrogens (tertiary/aromatic N) is 4. The van der Waals surface area contributed by atoms with Crippen molar-refractivity contribution in [2.75, 3.05) is 106 Å². The number of ether oxygens (including phenoxy) is 8. The van der Waals surface area contributed by atoms with E-state index in [9.17, 15) is 24.3 Å². The van der Waals surface area contributed by atoms with Crippen LogP contribution in [0.4, 0.5) is 16.2 Å². The molecule has 1 aromatic heterocycles. The highest BCUT2D eigenvalue weighted by atomic mass is 16.6. The van der Waals surface area contributed by atoms with Gasteiger partial charge < -0.3 is 68.5 Å². The second kappa shape index (κ2) is 34.7. The second-order valence-electron chi connectivity index (χ2n) is 18.5. The molecule has 0 radical (unpaired) electrons. The standard InChI is InChI=1S/C56H76N8O13/c1-56(2,3)77-55(69)59-24-21-42-15-20-50(65)48(40-42)63-62-46-18-16-44(17-19-46)52(67)58-25-28-72-30-32-74-34-36-76-38-37-75-35-33-73-31-29-71-27-22-51(66)57-23-8-5-9-26-64-49-14-7-6-13-47(49)60-54(64)61-53(68)45-12-10-11-43(39-45)41-70-4/h6-7,10-20,39-40,65H,5,8-9,21-38,41H2,1-4H3,(H,57,66)(H,58,67)(H,59,69)(H,60,61,68)/b63-62+. The van der Waals surface area contributed by atoms with E-state index in [1.54, 1.807) is 76.4 Å². The molecule has 1 heterocycles. The van der Waals surface area contributed by atoms with Crippen molar-refractivity contribution in [2.45, 2.75) is 71.6 Å². The maximum atomic E-state index is 13.1. The molecule has 4 amide bonds. The van der Waals surface area contributed by atoms with Crippen LogP contribution in [0.25, 0.3) is 11.0 Å². The third-order valence-corrected chi connectivity index (χ3v) is 11.2. The summed E-state index contributed by atoms with van der Waals surface area (Å²) in [5.41, 5.74) is 5.27. The van der Waals surface area contributed by atoms with Gasteiger partial charge in [-0.05, 0) is 118 Å². The predicted molar refractivity (Wildman–Crippen MR) is 289 cm³/mol. The van der Waals surface area contributed by atoms with E-state index >= 15 is 0 Å². The Morgan fingerprint density at radius 2 is 1.29 bits per heavy atom. The van der Waals surface area contributed by atoms with Crippen LogP contribution < -0.4 is 21.6 Å². The molecule has 5 rings (SSSR count). The van der Waals surface area contributed by atoms with Crippen LogP contribution in [0, 0.1) is 0 Å². The third kappa shape index (κ3) is 24.4. The average molecular weight is 1070 g/mol. The maximum absolute atomic E-state index is 13.1. The fourth-order valence-corrected chi connectivity index (χ4v) is 7.36. The Labute approximate surface area is 450 Å². The fourth-order valence-electron chi connectivity index (χ4n) is 7.36. The molecule has 5 N–H and O–H groups in total. The van der Waals surface area contributed by atoms with Gasteiger partial charge in [0.25, 0.3) is 11.8 Å². The molecule has 21 nitrogen and oxygen atoms in total. The number of para-hydroxylation sites is 2. The number of alkyl carbamates (subject to hydrolysis) is 1. The van der Waals surface area contributed by atoms with Crippen molar-refractivity contribution >= 4 is 46.2 Å². The van der Waals surface area contributed by atoms with Gasteiger partial charge in [0, 0.05) is 50.8 Å². The molecule has 4 aromatic carbocycles. The van der Waals surface area contributed by atoms with Crippen LogP contribution in [0.15, 0.2) is 106 Å². The van der Waals surface area contributed by atoms with Crippen LogP contribution in [0.5, 0.6) is 5.75 Å². The molecular formula is C56H76N8O13. The number of rotatable bonds is 36. The first-order chi connectivity index (χ1) is 37.4. The molecule has 0 saturated heterocycles. The number of methoxy groups -OCH3 is 1. The van der Waals surface area contributed by atoms with Gasteiger partial charge in [-0.1, -0.05) is 30.3 Å². The summed E-state index contributed by atoms with van der Waals surface area (Å²) in [4.78, 5) is 57.6. The molecule has 0 aliphatic carbocycles. The van der Waals surface area contributed by atoms with Crippen molar-refractivity contribution in [2.24, 2.45) is 15.2 Å². The molecule has 0 saturated carbocycles. The summed E-state index contributed by atoms with van der Waals surface area (Å²) < 4.78 is 45.7. The predicted octanol–water partition coefficient (Wildman–Crippen LogP) is 7.25. The number of H-pyrrole nitrogens is 1. The average Bonchev–Trinajstić information content (AvgIpc) is 3.76. The summed E-state index contributed by atoms with van der Waals surface area (Å²) in [5, 5.41) is 27.1. The highest BCUT2D eigenvalue weighted by molar-refractivity contribution is 5.95. The molecular weight excluding hydrogens is 993 g/mol. The van der Waals surface area contributed by atoms with Gasteiger partial charge in [0.2, 0.25) is 11.5 Å². The van der Waals surface area contributed by atoms with Crippen molar-refractivity contribution in [3.05, 3.63) is 119 Å². The molecule has 77 heavy (non-hydrogen) atoms. The van der Waals surface area contributed by atoms with Gasteiger partial charge in [0.15, 0.2) is 0 Å². The minimum atomic E-state index is -0.584. The Morgan fingerprint density at radius 3 is 1.96 bits per heavy atom. The quantitative estimate of drug-likeness (QED) is 0.0196. The van der Waals surface area contributed by atoms with E-state index in [0.717, 1.165) is 41.4 Å². The lowest BCUT2D eigenvalue weighted by Crippen LogP contribution is -2.33. The highest BCUT2D eigenvalue weighted by Gasteiger charge is 2.16. The third-order valence-electron chi connectivity index (χ3n) is 11.2. The number of carbonyl (C=O) groups is 4. The van der Waals surface area contributed by atoms with Gasteiger partial charge in [-0.25, -0.2) is 4.79 Å². The summed E-state index contributed by atoms with van der Waals surface area (Å²) in [6.45, 7) is 12.4. The zero-order valence-corrected chi connectivity index (χ0v) is 44.9. The molecule has 0 fully saturated rings. The van der Waals surface area contributed by atoms with E-state index in [2.05, 4.69) is 36.2 Å². The van der Waals surface area contributed by atoms with E-state index in [-0.39, 0.29) is 35.6 Å². The van der Waals surface area contributed by atoms with Crippen LogP contribution in [-0.2, 0) is 62.3 Å². The largest absolute Gasteiger partial charge is 0.506 e. The van der Waals surface area contributed by atoms with Crippen molar-refractivity contribution in [1.82, 2.24) is 25.5 Å². The number of fused-ring (bicyclic) bond motifs is 1. The van der Waals surface area contributed by atoms with Crippen molar-refractivity contribution in [3.8, 4) is 5.75 Å².